The summed E-state index contributed by atoms with van der Waals surface area (Å²) in [6, 6.07) is 19.2. The molecule has 126 valence electrons. The minimum atomic E-state index is -3.75. The molecule has 1 atom stereocenters. The van der Waals surface area contributed by atoms with Gasteiger partial charge in [-0.05, 0) is 30.5 Å². The highest BCUT2D eigenvalue weighted by atomic mass is 31.2. The van der Waals surface area contributed by atoms with E-state index in [0.29, 0.717) is 5.56 Å². The van der Waals surface area contributed by atoms with Crippen molar-refractivity contribution in [2.24, 2.45) is 0 Å². The van der Waals surface area contributed by atoms with Crippen molar-refractivity contribution in [3.63, 3.8) is 0 Å². The van der Waals surface area contributed by atoms with Gasteiger partial charge in [0.05, 0.1) is 19.3 Å². The fraction of sp³-hybridized carbons (Fsp3) is 0.278. The molecule has 0 aliphatic heterocycles. The van der Waals surface area contributed by atoms with E-state index < -0.39 is 13.9 Å². The molecule has 0 saturated heterocycles. The molecular formula is C18H20NO4P. The van der Waals surface area contributed by atoms with Crippen molar-refractivity contribution in [3.8, 4) is 17.2 Å². The van der Waals surface area contributed by atoms with Crippen molar-refractivity contribution in [2.45, 2.75) is 20.0 Å². The molecule has 0 N–H and O–H groups in total. The van der Waals surface area contributed by atoms with Crippen LogP contribution >= 0.6 is 7.82 Å². The van der Waals surface area contributed by atoms with Crippen LogP contribution in [0.1, 0.15) is 25.5 Å². The lowest BCUT2D eigenvalue weighted by Crippen LogP contribution is -2.05. The first-order chi connectivity index (χ1) is 11.6. The van der Waals surface area contributed by atoms with E-state index in [0.717, 1.165) is 11.1 Å². The summed E-state index contributed by atoms with van der Waals surface area (Å²) < 4.78 is 27.9. The van der Waals surface area contributed by atoms with E-state index in [4.69, 9.17) is 13.6 Å². The summed E-state index contributed by atoms with van der Waals surface area (Å²) in [4.78, 5) is 0. The van der Waals surface area contributed by atoms with Gasteiger partial charge in [0.25, 0.3) is 0 Å². The molecule has 0 fully saturated rings. The lowest BCUT2D eigenvalue weighted by molar-refractivity contribution is 0.103. The summed E-state index contributed by atoms with van der Waals surface area (Å²) in [6.45, 7) is 3.71. The highest BCUT2D eigenvalue weighted by Crippen LogP contribution is 2.52. The zero-order chi connectivity index (χ0) is 17.4. The van der Waals surface area contributed by atoms with Crippen LogP contribution in [0.5, 0.6) is 0 Å². The average Bonchev–Trinajstić information content (AvgIpc) is 2.61. The van der Waals surface area contributed by atoms with Gasteiger partial charge in [-0.3, -0.25) is 13.6 Å². The van der Waals surface area contributed by atoms with E-state index in [1.807, 2.05) is 48.5 Å². The van der Waals surface area contributed by atoms with Crippen LogP contribution < -0.4 is 0 Å². The monoisotopic (exact) mass is 345 g/mol. The topological polar surface area (TPSA) is 68.6 Å². The van der Waals surface area contributed by atoms with Gasteiger partial charge in [-0.15, -0.1) is 0 Å². The van der Waals surface area contributed by atoms with Crippen molar-refractivity contribution in [2.75, 3.05) is 13.2 Å². The number of hydrogen-bond donors (Lipinski definition) is 0. The number of rotatable bonds is 8. The predicted octanol–water partition coefficient (Wildman–Crippen LogP) is 5.12. The Morgan fingerprint density at radius 1 is 0.958 bits per heavy atom. The molecule has 0 aliphatic carbocycles. The van der Waals surface area contributed by atoms with Gasteiger partial charge in [-0.1, -0.05) is 54.6 Å². The van der Waals surface area contributed by atoms with Crippen LogP contribution in [0.15, 0.2) is 54.6 Å². The third kappa shape index (κ3) is 4.77. The first kappa shape index (κ1) is 18.4. The molecule has 1 unspecified atom stereocenters. The Hall–Kier alpha value is -1.96. The minimum Gasteiger partial charge on any atom is -0.287 e. The zero-order valence-electron chi connectivity index (χ0n) is 13.7. The van der Waals surface area contributed by atoms with Gasteiger partial charge in [0.2, 0.25) is 0 Å². The molecule has 2 aromatic rings. The lowest BCUT2D eigenvalue weighted by Gasteiger charge is -2.19. The second-order valence-electron chi connectivity index (χ2n) is 4.89. The predicted molar refractivity (Wildman–Crippen MR) is 92.2 cm³/mol. The average molecular weight is 345 g/mol. The largest absolute Gasteiger partial charge is 0.476 e. The molecule has 0 heterocycles. The fourth-order valence-corrected chi connectivity index (χ4v) is 3.44. The Balaban J connectivity index is 2.19. The van der Waals surface area contributed by atoms with Crippen molar-refractivity contribution in [1.82, 2.24) is 0 Å². The number of phosphoric acid groups is 1. The second-order valence-corrected chi connectivity index (χ2v) is 6.51. The van der Waals surface area contributed by atoms with Gasteiger partial charge < -0.3 is 0 Å². The summed E-state index contributed by atoms with van der Waals surface area (Å²) in [5, 5.41) is 9.36. The Kier molecular flexibility index (Phi) is 6.72. The molecule has 0 aliphatic rings. The molecule has 2 aromatic carbocycles. The molecular weight excluding hydrogens is 325 g/mol. The molecule has 0 bridgehead atoms. The molecule has 0 radical (unpaired) electrons. The van der Waals surface area contributed by atoms with E-state index in [9.17, 15) is 9.83 Å². The first-order valence-corrected chi connectivity index (χ1v) is 9.20. The van der Waals surface area contributed by atoms with Gasteiger partial charge in [-0.25, -0.2) is 4.57 Å². The molecule has 2 rings (SSSR count). The normalized spacial score (nSPS) is 12.5. The summed E-state index contributed by atoms with van der Waals surface area (Å²) in [5.74, 6) is 0. The third-order valence-electron chi connectivity index (χ3n) is 3.25. The van der Waals surface area contributed by atoms with E-state index >= 15 is 0 Å². The van der Waals surface area contributed by atoms with Crippen molar-refractivity contribution < 1.29 is 18.1 Å². The molecule has 0 amide bonds. The summed E-state index contributed by atoms with van der Waals surface area (Å²) in [7, 11) is -3.75. The van der Waals surface area contributed by atoms with Crippen LogP contribution in [0.4, 0.5) is 0 Å². The number of phosphoric ester groups is 1. The van der Waals surface area contributed by atoms with E-state index in [1.54, 1.807) is 26.0 Å². The van der Waals surface area contributed by atoms with Crippen LogP contribution in [0, 0.1) is 11.3 Å². The highest BCUT2D eigenvalue weighted by Gasteiger charge is 2.30. The highest BCUT2D eigenvalue weighted by molar-refractivity contribution is 7.48. The maximum Gasteiger partial charge on any atom is 0.476 e. The van der Waals surface area contributed by atoms with Gasteiger partial charge in [0.15, 0.2) is 6.10 Å². The van der Waals surface area contributed by atoms with E-state index in [-0.39, 0.29) is 13.2 Å². The Labute approximate surface area is 142 Å². The minimum absolute atomic E-state index is 0.169. The van der Waals surface area contributed by atoms with Gasteiger partial charge in [0.1, 0.15) is 0 Å². The Morgan fingerprint density at radius 2 is 1.50 bits per heavy atom. The van der Waals surface area contributed by atoms with Crippen LogP contribution in [-0.2, 0) is 18.1 Å². The van der Waals surface area contributed by atoms with Crippen LogP contribution in [0.25, 0.3) is 11.1 Å². The number of nitrogens with zero attached hydrogens (tertiary/aromatic N) is 1. The summed E-state index contributed by atoms with van der Waals surface area (Å²) in [5.41, 5.74) is 2.69. The number of hydrogen-bond acceptors (Lipinski definition) is 5. The smallest absolute Gasteiger partial charge is 0.287 e. The molecule has 6 heteroatoms. The van der Waals surface area contributed by atoms with Gasteiger partial charge in [0, 0.05) is 0 Å². The van der Waals surface area contributed by atoms with Gasteiger partial charge in [-0.2, -0.15) is 5.26 Å². The molecule has 0 spiro atoms. The Morgan fingerprint density at radius 3 is 2.00 bits per heavy atom. The van der Waals surface area contributed by atoms with Crippen molar-refractivity contribution in [1.29, 1.82) is 5.26 Å². The van der Waals surface area contributed by atoms with Crippen molar-refractivity contribution in [3.05, 3.63) is 60.2 Å². The Bertz CT molecular complexity index is 715. The van der Waals surface area contributed by atoms with E-state index in [2.05, 4.69) is 0 Å². The van der Waals surface area contributed by atoms with Crippen molar-refractivity contribution >= 4 is 7.82 Å². The standard InChI is InChI=1S/C18H20NO4P/c1-3-21-24(20,22-4-2)23-18(14-19)17-12-10-16(11-13-17)15-8-6-5-7-9-15/h5-13,18H,3-4H2,1-2H3. The molecule has 24 heavy (non-hydrogen) atoms. The molecule has 5 nitrogen and oxygen atoms in total. The molecule has 0 aromatic heterocycles. The quantitative estimate of drug-likeness (QED) is 0.621. The second kappa shape index (κ2) is 8.77. The first-order valence-electron chi connectivity index (χ1n) is 7.74. The SMILES string of the molecule is CCOP(=O)(OCC)OC(C#N)c1ccc(-c2ccccc2)cc1. The third-order valence-corrected chi connectivity index (χ3v) is 4.86. The lowest BCUT2D eigenvalue weighted by atomic mass is 10.0. The fourth-order valence-electron chi connectivity index (χ4n) is 2.18. The maximum absolute atomic E-state index is 12.4. The zero-order valence-corrected chi connectivity index (χ0v) is 14.6. The van der Waals surface area contributed by atoms with Gasteiger partial charge >= 0.3 is 7.82 Å². The summed E-state index contributed by atoms with van der Waals surface area (Å²) >= 11 is 0. The van der Waals surface area contributed by atoms with E-state index in [1.165, 1.54) is 0 Å². The maximum atomic E-state index is 12.4. The summed E-state index contributed by atoms with van der Waals surface area (Å²) in [6.07, 6.45) is -1.03. The van der Waals surface area contributed by atoms with Crippen LogP contribution in [-0.4, -0.2) is 13.2 Å². The number of benzene rings is 2. The number of nitriles is 1. The van der Waals surface area contributed by atoms with Crippen LogP contribution in [0.3, 0.4) is 0 Å². The molecule has 0 saturated carbocycles. The van der Waals surface area contributed by atoms with Crippen LogP contribution in [0.2, 0.25) is 0 Å².